The van der Waals surface area contributed by atoms with E-state index in [-0.39, 0.29) is 5.75 Å². The van der Waals surface area contributed by atoms with Crippen LogP contribution in [0.2, 0.25) is 5.02 Å². The standard InChI is InChI=1S/C14H12ClNO2S/c15-12-7-10(14(16)19)3-6-13(12)18-8-9-1-4-11(17)5-2-9/h1-7,17H,8H2,(H2,16,19). The van der Waals surface area contributed by atoms with Crippen LogP contribution in [-0.4, -0.2) is 10.1 Å². The van der Waals surface area contributed by atoms with Crippen molar-refractivity contribution in [3.8, 4) is 11.5 Å². The third-order valence-corrected chi connectivity index (χ3v) is 3.08. The Balaban J connectivity index is 2.07. The highest BCUT2D eigenvalue weighted by atomic mass is 35.5. The fraction of sp³-hybridized carbons (Fsp3) is 0.0714. The Morgan fingerprint density at radius 2 is 1.89 bits per heavy atom. The van der Waals surface area contributed by atoms with Crippen molar-refractivity contribution in [1.82, 2.24) is 0 Å². The van der Waals surface area contributed by atoms with Crippen molar-refractivity contribution in [2.45, 2.75) is 6.61 Å². The van der Waals surface area contributed by atoms with E-state index >= 15 is 0 Å². The van der Waals surface area contributed by atoms with Crippen LogP contribution < -0.4 is 10.5 Å². The topological polar surface area (TPSA) is 55.5 Å². The first-order valence-corrected chi connectivity index (χ1v) is 6.35. The minimum Gasteiger partial charge on any atom is -0.508 e. The summed E-state index contributed by atoms with van der Waals surface area (Å²) in [5.41, 5.74) is 7.16. The number of phenolic OH excluding ortho intramolecular Hbond substituents is 1. The number of hydrogen-bond acceptors (Lipinski definition) is 3. The summed E-state index contributed by atoms with van der Waals surface area (Å²) in [7, 11) is 0. The van der Waals surface area contributed by atoms with Crippen LogP contribution in [0.4, 0.5) is 0 Å². The minimum absolute atomic E-state index is 0.225. The molecule has 0 aliphatic heterocycles. The summed E-state index contributed by atoms with van der Waals surface area (Å²) in [6.45, 7) is 0.367. The number of rotatable bonds is 4. The van der Waals surface area contributed by atoms with Gasteiger partial charge in [0.1, 0.15) is 23.1 Å². The molecular formula is C14H12ClNO2S. The molecule has 2 rings (SSSR count). The maximum atomic E-state index is 9.18. The summed E-state index contributed by atoms with van der Waals surface area (Å²) in [4.78, 5) is 0.298. The molecule has 0 atom stereocenters. The lowest BCUT2D eigenvalue weighted by molar-refractivity contribution is 0.306. The van der Waals surface area contributed by atoms with Gasteiger partial charge < -0.3 is 15.6 Å². The van der Waals surface area contributed by atoms with E-state index in [1.54, 1.807) is 42.5 Å². The molecule has 3 N–H and O–H groups in total. The zero-order valence-electron chi connectivity index (χ0n) is 9.97. The van der Waals surface area contributed by atoms with Gasteiger partial charge in [0, 0.05) is 5.56 Å². The van der Waals surface area contributed by atoms with Crippen LogP contribution in [0.25, 0.3) is 0 Å². The number of thiocarbonyl (C=S) groups is 1. The molecule has 0 radical (unpaired) electrons. The number of phenols is 1. The largest absolute Gasteiger partial charge is 0.508 e. The van der Waals surface area contributed by atoms with Crippen LogP contribution in [0, 0.1) is 0 Å². The highest BCUT2D eigenvalue weighted by Gasteiger charge is 2.05. The summed E-state index contributed by atoms with van der Waals surface area (Å²) >= 11 is 11.0. The lowest BCUT2D eigenvalue weighted by Gasteiger charge is -2.09. The van der Waals surface area contributed by atoms with E-state index in [0.717, 1.165) is 5.56 Å². The molecule has 2 aromatic rings. The summed E-state index contributed by atoms with van der Waals surface area (Å²) in [5, 5.41) is 9.64. The molecular weight excluding hydrogens is 282 g/mol. The molecule has 2 aromatic carbocycles. The lowest BCUT2D eigenvalue weighted by atomic mass is 10.2. The second kappa shape index (κ2) is 5.91. The molecule has 0 bridgehead atoms. The summed E-state index contributed by atoms with van der Waals surface area (Å²) in [6.07, 6.45) is 0. The second-order valence-corrected chi connectivity index (χ2v) is 4.81. The molecule has 0 fully saturated rings. The van der Waals surface area contributed by atoms with Crippen molar-refractivity contribution in [3.63, 3.8) is 0 Å². The molecule has 0 unspecified atom stereocenters. The van der Waals surface area contributed by atoms with Crippen molar-refractivity contribution < 1.29 is 9.84 Å². The summed E-state index contributed by atoms with van der Waals surface area (Å²) < 4.78 is 5.60. The molecule has 3 nitrogen and oxygen atoms in total. The Morgan fingerprint density at radius 1 is 1.21 bits per heavy atom. The van der Waals surface area contributed by atoms with Gasteiger partial charge in [0.05, 0.1) is 5.02 Å². The molecule has 0 aromatic heterocycles. The normalized spacial score (nSPS) is 10.2. The predicted molar refractivity (Wildman–Crippen MR) is 79.8 cm³/mol. The number of nitrogens with two attached hydrogens (primary N) is 1. The quantitative estimate of drug-likeness (QED) is 0.850. The SMILES string of the molecule is NC(=S)c1ccc(OCc2ccc(O)cc2)c(Cl)c1. The lowest BCUT2D eigenvalue weighted by Crippen LogP contribution is -2.09. The van der Waals surface area contributed by atoms with Gasteiger partial charge in [-0.1, -0.05) is 36.0 Å². The second-order valence-electron chi connectivity index (χ2n) is 3.96. The third kappa shape index (κ3) is 3.59. The summed E-state index contributed by atoms with van der Waals surface area (Å²) in [5.74, 6) is 0.789. The monoisotopic (exact) mass is 293 g/mol. The number of hydrogen-bond donors (Lipinski definition) is 2. The van der Waals surface area contributed by atoms with E-state index in [1.807, 2.05) is 0 Å². The van der Waals surface area contributed by atoms with Crippen LogP contribution >= 0.6 is 23.8 Å². The van der Waals surface area contributed by atoms with Crippen molar-refractivity contribution >= 4 is 28.8 Å². The molecule has 0 saturated carbocycles. The first-order valence-electron chi connectivity index (χ1n) is 5.56. The average molecular weight is 294 g/mol. The number of halogens is 1. The first kappa shape index (κ1) is 13.6. The van der Waals surface area contributed by atoms with Gasteiger partial charge in [-0.05, 0) is 35.9 Å². The first-order chi connectivity index (χ1) is 9.06. The molecule has 0 aliphatic rings. The van der Waals surface area contributed by atoms with Gasteiger partial charge in [-0.25, -0.2) is 0 Å². The van der Waals surface area contributed by atoms with Crippen LogP contribution in [0.5, 0.6) is 11.5 Å². The van der Waals surface area contributed by atoms with E-state index in [4.69, 9.17) is 34.3 Å². The van der Waals surface area contributed by atoms with Crippen molar-refractivity contribution in [2.24, 2.45) is 5.73 Å². The van der Waals surface area contributed by atoms with E-state index in [1.165, 1.54) is 0 Å². The van der Waals surface area contributed by atoms with E-state index in [9.17, 15) is 5.11 Å². The third-order valence-electron chi connectivity index (χ3n) is 2.55. The van der Waals surface area contributed by atoms with Gasteiger partial charge in [-0.3, -0.25) is 0 Å². The number of benzene rings is 2. The molecule has 0 saturated heterocycles. The highest BCUT2D eigenvalue weighted by molar-refractivity contribution is 7.80. The van der Waals surface area contributed by atoms with Gasteiger partial charge in [-0.15, -0.1) is 0 Å². The van der Waals surface area contributed by atoms with E-state index in [2.05, 4.69) is 0 Å². The number of ether oxygens (including phenoxy) is 1. The maximum Gasteiger partial charge on any atom is 0.138 e. The molecule has 0 amide bonds. The van der Waals surface area contributed by atoms with Gasteiger partial charge in [0.15, 0.2) is 0 Å². The Labute approximate surface area is 121 Å². The highest BCUT2D eigenvalue weighted by Crippen LogP contribution is 2.26. The molecule has 5 heteroatoms. The molecule has 0 aliphatic carbocycles. The zero-order valence-corrected chi connectivity index (χ0v) is 11.5. The zero-order chi connectivity index (χ0) is 13.8. The smallest absolute Gasteiger partial charge is 0.138 e. The van der Waals surface area contributed by atoms with Crippen molar-refractivity contribution in [3.05, 3.63) is 58.6 Å². The van der Waals surface area contributed by atoms with Gasteiger partial charge in [0.25, 0.3) is 0 Å². The fourth-order valence-electron chi connectivity index (χ4n) is 1.52. The number of aromatic hydroxyl groups is 1. The van der Waals surface area contributed by atoms with Gasteiger partial charge in [0.2, 0.25) is 0 Å². The molecule has 0 heterocycles. The van der Waals surface area contributed by atoms with Crippen LogP contribution in [0.1, 0.15) is 11.1 Å². The van der Waals surface area contributed by atoms with Gasteiger partial charge >= 0.3 is 0 Å². The fourth-order valence-corrected chi connectivity index (χ4v) is 1.89. The van der Waals surface area contributed by atoms with Crippen molar-refractivity contribution in [2.75, 3.05) is 0 Å². The summed E-state index contributed by atoms with van der Waals surface area (Å²) in [6, 6.07) is 12.0. The van der Waals surface area contributed by atoms with E-state index in [0.29, 0.717) is 27.9 Å². The Bertz CT molecular complexity index is 599. The minimum atomic E-state index is 0.225. The maximum absolute atomic E-state index is 9.18. The van der Waals surface area contributed by atoms with Crippen LogP contribution in [0.15, 0.2) is 42.5 Å². The Kier molecular flexibility index (Phi) is 4.24. The van der Waals surface area contributed by atoms with Crippen LogP contribution in [0.3, 0.4) is 0 Å². The predicted octanol–water partition coefficient (Wildman–Crippen LogP) is 3.26. The average Bonchev–Trinajstić information content (AvgIpc) is 2.39. The molecule has 0 spiro atoms. The Morgan fingerprint density at radius 3 is 2.47 bits per heavy atom. The van der Waals surface area contributed by atoms with E-state index < -0.39 is 0 Å². The van der Waals surface area contributed by atoms with Crippen molar-refractivity contribution in [1.29, 1.82) is 0 Å². The van der Waals surface area contributed by atoms with Crippen LogP contribution in [-0.2, 0) is 6.61 Å². The molecule has 19 heavy (non-hydrogen) atoms. The Hall–Kier alpha value is -1.78. The van der Waals surface area contributed by atoms with Gasteiger partial charge in [-0.2, -0.15) is 0 Å². The molecule has 98 valence electrons.